The highest BCUT2D eigenvalue weighted by atomic mass is 32.2. The van der Waals surface area contributed by atoms with Gasteiger partial charge in [-0.2, -0.15) is 16.9 Å². The lowest BCUT2D eigenvalue weighted by molar-refractivity contribution is 0.792. The Morgan fingerprint density at radius 3 is 2.87 bits per heavy atom. The first kappa shape index (κ1) is 10.7. The first-order valence-corrected chi connectivity index (χ1v) is 6.34. The third-order valence-electron chi connectivity index (χ3n) is 2.60. The molecule has 1 unspecified atom stereocenters. The van der Waals surface area contributed by atoms with Crippen LogP contribution in [-0.2, 0) is 0 Å². The normalized spacial score (nSPS) is 20.5. The van der Waals surface area contributed by atoms with Gasteiger partial charge >= 0.3 is 0 Å². The van der Waals surface area contributed by atoms with E-state index < -0.39 is 0 Å². The minimum Gasteiger partial charge on any atom is -0.352 e. The highest BCUT2D eigenvalue weighted by Crippen LogP contribution is 2.25. The van der Waals surface area contributed by atoms with Crippen LogP contribution in [0.4, 0.5) is 5.95 Å². The van der Waals surface area contributed by atoms with Gasteiger partial charge < -0.3 is 5.32 Å². The average Bonchev–Trinajstić information content (AvgIpc) is 2.73. The zero-order valence-electron chi connectivity index (χ0n) is 9.16. The number of rotatable bonds is 3. The number of nitrogens with one attached hydrogen (secondary N) is 1. The molecule has 0 amide bonds. The Balaban J connectivity index is 1.90. The van der Waals surface area contributed by atoms with Crippen molar-refractivity contribution in [2.24, 2.45) is 0 Å². The Kier molecular flexibility index (Phi) is 3.41. The van der Waals surface area contributed by atoms with Gasteiger partial charge in [0.15, 0.2) is 0 Å². The predicted molar refractivity (Wildman–Crippen MR) is 63.3 cm³/mol. The lowest BCUT2D eigenvalue weighted by Crippen LogP contribution is -2.16. The van der Waals surface area contributed by atoms with E-state index >= 15 is 0 Å². The van der Waals surface area contributed by atoms with E-state index in [0.717, 1.165) is 23.2 Å². The second-order valence-electron chi connectivity index (χ2n) is 3.82. The summed E-state index contributed by atoms with van der Waals surface area (Å²) in [5.41, 5.74) is 1.85. The molecular weight excluding hydrogens is 208 g/mol. The van der Waals surface area contributed by atoms with Crippen molar-refractivity contribution < 1.29 is 0 Å². The Labute approximate surface area is 94.3 Å². The summed E-state index contributed by atoms with van der Waals surface area (Å²) in [4.78, 5) is 4.34. The van der Waals surface area contributed by atoms with Crippen LogP contribution in [0.3, 0.4) is 0 Å². The fourth-order valence-electron chi connectivity index (χ4n) is 1.54. The van der Waals surface area contributed by atoms with Crippen LogP contribution in [0.2, 0.25) is 0 Å². The second kappa shape index (κ2) is 4.79. The Morgan fingerprint density at radius 1 is 1.33 bits per heavy atom. The molecule has 0 saturated carbocycles. The van der Waals surface area contributed by atoms with Gasteiger partial charge in [0.1, 0.15) is 0 Å². The van der Waals surface area contributed by atoms with Gasteiger partial charge in [-0.15, -0.1) is 5.10 Å². The summed E-state index contributed by atoms with van der Waals surface area (Å²) in [6.45, 7) is 4.83. The number of anilines is 1. The summed E-state index contributed by atoms with van der Waals surface area (Å²) >= 11 is 2.03. The Morgan fingerprint density at radius 2 is 2.20 bits per heavy atom. The minimum absolute atomic E-state index is 0.658. The van der Waals surface area contributed by atoms with E-state index in [1.165, 1.54) is 18.6 Å². The monoisotopic (exact) mass is 224 g/mol. The third kappa shape index (κ3) is 2.81. The van der Waals surface area contributed by atoms with E-state index in [4.69, 9.17) is 0 Å². The molecule has 1 aromatic rings. The van der Waals surface area contributed by atoms with E-state index in [2.05, 4.69) is 20.5 Å². The van der Waals surface area contributed by atoms with Crippen molar-refractivity contribution in [3.05, 3.63) is 11.4 Å². The van der Waals surface area contributed by atoms with Gasteiger partial charge in [0.25, 0.3) is 0 Å². The first-order chi connectivity index (χ1) is 7.25. The zero-order valence-corrected chi connectivity index (χ0v) is 9.97. The van der Waals surface area contributed by atoms with Gasteiger partial charge in [-0.1, -0.05) is 0 Å². The largest absolute Gasteiger partial charge is 0.352 e. The molecule has 0 radical (unpaired) electrons. The molecule has 0 bridgehead atoms. The van der Waals surface area contributed by atoms with Crippen LogP contribution in [-0.4, -0.2) is 32.7 Å². The first-order valence-electron chi connectivity index (χ1n) is 5.29. The summed E-state index contributed by atoms with van der Waals surface area (Å²) in [5.74, 6) is 1.95. The van der Waals surface area contributed by atoms with Crippen LogP contribution in [0.1, 0.15) is 24.2 Å². The van der Waals surface area contributed by atoms with Crippen molar-refractivity contribution in [1.29, 1.82) is 0 Å². The number of aromatic nitrogens is 3. The highest BCUT2D eigenvalue weighted by Gasteiger charge is 2.15. The molecule has 2 rings (SSSR count). The number of thioether (sulfide) groups is 1. The van der Waals surface area contributed by atoms with Crippen molar-refractivity contribution in [3.63, 3.8) is 0 Å². The number of hydrogen-bond donors (Lipinski definition) is 1. The molecule has 1 saturated heterocycles. The summed E-state index contributed by atoms with van der Waals surface area (Å²) in [5, 5.41) is 12.0. The van der Waals surface area contributed by atoms with Crippen LogP contribution in [0.15, 0.2) is 0 Å². The molecular formula is C10H16N4S. The molecule has 1 aliphatic rings. The maximum atomic E-state index is 4.34. The molecule has 82 valence electrons. The van der Waals surface area contributed by atoms with E-state index in [1.54, 1.807) is 0 Å². The SMILES string of the molecule is Cc1nnc(NCC2CCCS2)nc1C. The van der Waals surface area contributed by atoms with E-state index in [1.807, 2.05) is 25.6 Å². The second-order valence-corrected chi connectivity index (χ2v) is 5.23. The molecule has 2 heterocycles. The highest BCUT2D eigenvalue weighted by molar-refractivity contribution is 8.00. The summed E-state index contributed by atoms with van der Waals surface area (Å²) in [6, 6.07) is 0. The van der Waals surface area contributed by atoms with Gasteiger partial charge in [-0.05, 0) is 32.4 Å². The van der Waals surface area contributed by atoms with E-state index in [9.17, 15) is 0 Å². The maximum absolute atomic E-state index is 4.34. The molecule has 0 spiro atoms. The van der Waals surface area contributed by atoms with Crippen molar-refractivity contribution in [2.75, 3.05) is 17.6 Å². The van der Waals surface area contributed by atoms with Crippen LogP contribution in [0.25, 0.3) is 0 Å². The number of aryl methyl sites for hydroxylation is 2. The van der Waals surface area contributed by atoms with Gasteiger partial charge in [0, 0.05) is 11.8 Å². The molecule has 5 heteroatoms. The lowest BCUT2D eigenvalue weighted by atomic mass is 10.2. The molecule has 1 aliphatic heterocycles. The summed E-state index contributed by atoms with van der Waals surface area (Å²) in [6.07, 6.45) is 2.64. The molecule has 1 aromatic heterocycles. The average molecular weight is 224 g/mol. The van der Waals surface area contributed by atoms with Gasteiger partial charge in [-0.3, -0.25) is 0 Å². The molecule has 1 N–H and O–H groups in total. The van der Waals surface area contributed by atoms with Crippen LogP contribution >= 0.6 is 11.8 Å². The summed E-state index contributed by atoms with van der Waals surface area (Å²) < 4.78 is 0. The van der Waals surface area contributed by atoms with Crippen LogP contribution in [0.5, 0.6) is 0 Å². The standard InChI is InChI=1S/C10H16N4S/c1-7-8(2)13-14-10(12-7)11-6-9-4-3-5-15-9/h9H,3-6H2,1-2H3,(H,11,12,14). The number of nitrogens with zero attached hydrogens (tertiary/aromatic N) is 3. The topological polar surface area (TPSA) is 50.7 Å². The maximum Gasteiger partial charge on any atom is 0.242 e. The predicted octanol–water partition coefficient (Wildman–Crippen LogP) is 1.80. The van der Waals surface area contributed by atoms with E-state index in [-0.39, 0.29) is 0 Å². The van der Waals surface area contributed by atoms with Gasteiger partial charge in [-0.25, -0.2) is 4.98 Å². The molecule has 4 nitrogen and oxygen atoms in total. The Bertz CT molecular complexity index is 336. The van der Waals surface area contributed by atoms with Crippen molar-refractivity contribution in [2.45, 2.75) is 31.9 Å². The lowest BCUT2D eigenvalue weighted by Gasteiger charge is -2.09. The van der Waals surface area contributed by atoms with Crippen molar-refractivity contribution in [3.8, 4) is 0 Å². The van der Waals surface area contributed by atoms with Gasteiger partial charge in [0.05, 0.1) is 11.4 Å². The molecule has 0 aliphatic carbocycles. The van der Waals surface area contributed by atoms with Crippen molar-refractivity contribution >= 4 is 17.7 Å². The Hall–Kier alpha value is -0.840. The fraction of sp³-hybridized carbons (Fsp3) is 0.700. The quantitative estimate of drug-likeness (QED) is 0.848. The smallest absolute Gasteiger partial charge is 0.242 e. The minimum atomic E-state index is 0.658. The summed E-state index contributed by atoms with van der Waals surface area (Å²) in [7, 11) is 0. The number of hydrogen-bond acceptors (Lipinski definition) is 5. The third-order valence-corrected chi connectivity index (χ3v) is 4.00. The fourth-order valence-corrected chi connectivity index (χ4v) is 2.74. The van der Waals surface area contributed by atoms with Crippen LogP contribution in [0, 0.1) is 13.8 Å². The zero-order chi connectivity index (χ0) is 10.7. The molecule has 1 atom stereocenters. The van der Waals surface area contributed by atoms with Crippen LogP contribution < -0.4 is 5.32 Å². The molecule has 15 heavy (non-hydrogen) atoms. The molecule has 0 aromatic carbocycles. The van der Waals surface area contributed by atoms with E-state index in [0.29, 0.717) is 5.95 Å². The van der Waals surface area contributed by atoms with Crippen molar-refractivity contribution in [1.82, 2.24) is 15.2 Å². The molecule has 1 fully saturated rings. The van der Waals surface area contributed by atoms with Gasteiger partial charge in [0.2, 0.25) is 5.95 Å².